The molecule has 0 unspecified atom stereocenters. The van der Waals surface area contributed by atoms with Crippen LogP contribution in [0.15, 0.2) is 47.5 Å². The molecule has 0 fully saturated rings. The number of nitrogens with one attached hydrogen (secondary N) is 2. The highest BCUT2D eigenvalue weighted by Gasteiger charge is 2.18. The second kappa shape index (κ2) is 9.19. The van der Waals surface area contributed by atoms with Crippen LogP contribution in [0.4, 0.5) is 11.4 Å². The summed E-state index contributed by atoms with van der Waals surface area (Å²) in [6, 6.07) is 9.97. The standard InChI is InChI=1S/C21H24N4O4S/c1-4-12-23-30(27,28)16-9-7-15(8-10-16)25-19-17-11-6-14(3)24-20(17)22-13-18(19)21(26)29-5-2/h6-11,13,23H,4-5,12H2,1-3H3,(H,22,24,25). The number of sulfonamides is 1. The Morgan fingerprint density at radius 2 is 1.83 bits per heavy atom. The lowest BCUT2D eigenvalue weighted by Crippen LogP contribution is -2.24. The average molecular weight is 429 g/mol. The van der Waals surface area contributed by atoms with Gasteiger partial charge in [0, 0.05) is 29.5 Å². The quantitative estimate of drug-likeness (QED) is 0.528. The number of rotatable bonds is 8. The van der Waals surface area contributed by atoms with Crippen LogP contribution >= 0.6 is 0 Å². The Balaban J connectivity index is 1.99. The number of pyridine rings is 2. The summed E-state index contributed by atoms with van der Waals surface area (Å²) >= 11 is 0. The van der Waals surface area contributed by atoms with E-state index in [1.807, 2.05) is 26.0 Å². The van der Waals surface area contributed by atoms with Crippen molar-refractivity contribution in [1.29, 1.82) is 0 Å². The van der Waals surface area contributed by atoms with Crippen LogP contribution in [0.2, 0.25) is 0 Å². The molecule has 30 heavy (non-hydrogen) atoms. The SMILES string of the molecule is CCCNS(=O)(=O)c1ccc(Nc2c(C(=O)OCC)cnc3nc(C)ccc23)cc1. The lowest BCUT2D eigenvalue weighted by Gasteiger charge is -2.14. The minimum Gasteiger partial charge on any atom is -0.462 e. The highest BCUT2D eigenvalue weighted by atomic mass is 32.2. The molecule has 2 heterocycles. The Bertz CT molecular complexity index is 1160. The predicted molar refractivity (Wildman–Crippen MR) is 115 cm³/mol. The molecule has 0 radical (unpaired) electrons. The number of nitrogens with zero attached hydrogens (tertiary/aromatic N) is 2. The molecule has 0 saturated heterocycles. The molecular weight excluding hydrogens is 404 g/mol. The lowest BCUT2D eigenvalue weighted by atomic mass is 10.1. The molecule has 2 aromatic heterocycles. The zero-order valence-electron chi connectivity index (χ0n) is 17.1. The molecule has 0 amide bonds. The third-order valence-electron chi connectivity index (χ3n) is 4.34. The van der Waals surface area contributed by atoms with Gasteiger partial charge in [-0.3, -0.25) is 0 Å². The number of carbonyl (C=O) groups excluding carboxylic acids is 1. The fourth-order valence-corrected chi connectivity index (χ4v) is 3.99. The van der Waals surface area contributed by atoms with E-state index in [1.165, 1.54) is 18.3 Å². The van der Waals surface area contributed by atoms with Gasteiger partial charge in [0.25, 0.3) is 0 Å². The van der Waals surface area contributed by atoms with Gasteiger partial charge in [-0.1, -0.05) is 6.92 Å². The second-order valence-electron chi connectivity index (χ2n) is 6.64. The summed E-state index contributed by atoms with van der Waals surface area (Å²) < 4.78 is 32.2. The number of esters is 1. The van der Waals surface area contributed by atoms with Gasteiger partial charge in [-0.15, -0.1) is 0 Å². The summed E-state index contributed by atoms with van der Waals surface area (Å²) in [5.74, 6) is -0.502. The molecule has 0 aliphatic carbocycles. The normalized spacial score (nSPS) is 11.4. The van der Waals surface area contributed by atoms with Crippen LogP contribution < -0.4 is 10.0 Å². The molecule has 3 aromatic rings. The Hall–Kier alpha value is -3.04. The van der Waals surface area contributed by atoms with Crippen molar-refractivity contribution < 1.29 is 17.9 Å². The van der Waals surface area contributed by atoms with Crippen molar-refractivity contribution in [3.8, 4) is 0 Å². The molecule has 2 N–H and O–H groups in total. The molecule has 1 aromatic carbocycles. The molecule has 0 spiro atoms. The summed E-state index contributed by atoms with van der Waals surface area (Å²) in [5.41, 5.74) is 2.69. The van der Waals surface area contributed by atoms with E-state index in [-0.39, 0.29) is 17.1 Å². The molecule has 0 aliphatic heterocycles. The van der Waals surface area contributed by atoms with E-state index in [9.17, 15) is 13.2 Å². The van der Waals surface area contributed by atoms with Gasteiger partial charge in [-0.25, -0.2) is 27.9 Å². The van der Waals surface area contributed by atoms with Crippen molar-refractivity contribution in [2.75, 3.05) is 18.5 Å². The van der Waals surface area contributed by atoms with Gasteiger partial charge in [-0.05, 0) is 56.7 Å². The fourth-order valence-electron chi connectivity index (χ4n) is 2.85. The summed E-state index contributed by atoms with van der Waals surface area (Å²) in [7, 11) is -3.55. The van der Waals surface area contributed by atoms with E-state index in [0.29, 0.717) is 35.4 Å². The topological polar surface area (TPSA) is 110 Å². The average Bonchev–Trinajstić information content (AvgIpc) is 2.73. The Labute approximate surface area is 175 Å². The zero-order chi connectivity index (χ0) is 21.7. The summed E-state index contributed by atoms with van der Waals surface area (Å²) in [5, 5.41) is 3.86. The number of hydrogen-bond acceptors (Lipinski definition) is 7. The third kappa shape index (κ3) is 4.74. The maximum absolute atomic E-state index is 12.4. The Kier molecular flexibility index (Phi) is 6.63. The van der Waals surface area contributed by atoms with E-state index in [4.69, 9.17) is 4.74 Å². The predicted octanol–water partition coefficient (Wildman–Crippen LogP) is 3.55. The lowest BCUT2D eigenvalue weighted by molar-refractivity contribution is 0.0527. The third-order valence-corrected chi connectivity index (χ3v) is 5.82. The van der Waals surface area contributed by atoms with Crippen LogP contribution in [0.1, 0.15) is 36.3 Å². The smallest absolute Gasteiger partial charge is 0.341 e. The molecule has 0 aliphatic rings. The highest BCUT2D eigenvalue weighted by Crippen LogP contribution is 2.29. The van der Waals surface area contributed by atoms with Crippen molar-refractivity contribution in [1.82, 2.24) is 14.7 Å². The van der Waals surface area contributed by atoms with E-state index in [0.717, 1.165) is 5.69 Å². The largest absolute Gasteiger partial charge is 0.462 e. The first-order valence-electron chi connectivity index (χ1n) is 9.66. The first kappa shape index (κ1) is 21.7. The number of hydrogen-bond donors (Lipinski definition) is 2. The molecule has 8 nitrogen and oxygen atoms in total. The van der Waals surface area contributed by atoms with Crippen molar-refractivity contribution >= 4 is 38.4 Å². The molecule has 158 valence electrons. The first-order chi connectivity index (χ1) is 14.4. The molecular formula is C21H24N4O4S. The van der Waals surface area contributed by atoms with Gasteiger partial charge in [0.05, 0.1) is 17.2 Å². The van der Waals surface area contributed by atoms with Crippen molar-refractivity contribution in [3.05, 3.63) is 53.9 Å². The van der Waals surface area contributed by atoms with Gasteiger partial charge in [0.2, 0.25) is 10.0 Å². The monoisotopic (exact) mass is 428 g/mol. The number of fused-ring (bicyclic) bond motifs is 1. The highest BCUT2D eigenvalue weighted by molar-refractivity contribution is 7.89. The number of anilines is 2. The number of benzene rings is 1. The number of aromatic nitrogens is 2. The van der Waals surface area contributed by atoms with Crippen LogP contribution in [-0.2, 0) is 14.8 Å². The zero-order valence-corrected chi connectivity index (χ0v) is 17.9. The fraction of sp³-hybridized carbons (Fsp3) is 0.286. The maximum atomic E-state index is 12.4. The minimum atomic E-state index is -3.55. The van der Waals surface area contributed by atoms with Crippen LogP contribution in [0.25, 0.3) is 11.0 Å². The van der Waals surface area contributed by atoms with Gasteiger partial charge in [0.15, 0.2) is 5.65 Å². The van der Waals surface area contributed by atoms with Gasteiger partial charge < -0.3 is 10.1 Å². The Morgan fingerprint density at radius 3 is 2.50 bits per heavy atom. The van der Waals surface area contributed by atoms with E-state index in [1.54, 1.807) is 19.1 Å². The summed E-state index contributed by atoms with van der Waals surface area (Å²) in [6.07, 6.45) is 2.14. The maximum Gasteiger partial charge on any atom is 0.341 e. The van der Waals surface area contributed by atoms with Gasteiger partial charge >= 0.3 is 5.97 Å². The molecule has 9 heteroatoms. The summed E-state index contributed by atoms with van der Waals surface area (Å²) in [4.78, 5) is 21.3. The van der Waals surface area contributed by atoms with E-state index >= 15 is 0 Å². The van der Waals surface area contributed by atoms with Crippen LogP contribution in [-0.4, -0.2) is 37.5 Å². The minimum absolute atomic E-state index is 0.170. The molecule has 0 atom stereocenters. The number of carbonyl (C=O) groups is 1. The first-order valence-corrected chi connectivity index (χ1v) is 11.1. The van der Waals surface area contributed by atoms with Crippen LogP contribution in [0.5, 0.6) is 0 Å². The van der Waals surface area contributed by atoms with Crippen molar-refractivity contribution in [2.24, 2.45) is 0 Å². The molecule has 3 rings (SSSR count). The van der Waals surface area contributed by atoms with Gasteiger partial charge in [0.1, 0.15) is 5.56 Å². The Morgan fingerprint density at radius 1 is 1.10 bits per heavy atom. The number of aryl methyl sites for hydroxylation is 1. The van der Waals surface area contributed by atoms with Crippen molar-refractivity contribution in [2.45, 2.75) is 32.1 Å². The molecule has 0 bridgehead atoms. The van der Waals surface area contributed by atoms with Crippen LogP contribution in [0.3, 0.4) is 0 Å². The number of ether oxygens (including phenoxy) is 1. The van der Waals surface area contributed by atoms with Gasteiger partial charge in [-0.2, -0.15) is 0 Å². The van der Waals surface area contributed by atoms with E-state index in [2.05, 4.69) is 20.0 Å². The van der Waals surface area contributed by atoms with Crippen LogP contribution in [0, 0.1) is 6.92 Å². The molecule has 0 saturated carbocycles. The second-order valence-corrected chi connectivity index (χ2v) is 8.41. The van der Waals surface area contributed by atoms with Crippen molar-refractivity contribution in [3.63, 3.8) is 0 Å². The van der Waals surface area contributed by atoms with E-state index < -0.39 is 16.0 Å². The summed E-state index contributed by atoms with van der Waals surface area (Å²) in [6.45, 7) is 6.10.